The molecule has 166 valence electrons. The highest BCUT2D eigenvalue weighted by molar-refractivity contribution is 7.89. The zero-order valence-corrected chi connectivity index (χ0v) is 20.0. The minimum Gasteiger partial charge on any atom is -0.382 e. The van der Waals surface area contributed by atoms with Crippen LogP contribution in [0.5, 0.6) is 0 Å². The summed E-state index contributed by atoms with van der Waals surface area (Å²) in [7, 11) is 1.06. The number of piperidine rings is 1. The van der Waals surface area contributed by atoms with Crippen molar-refractivity contribution in [3.8, 4) is 11.1 Å². The Morgan fingerprint density at radius 3 is 2.68 bits per heavy atom. The molecule has 0 saturated carbocycles. The minimum absolute atomic E-state index is 0.167. The molecule has 31 heavy (non-hydrogen) atoms. The highest BCUT2D eigenvalue weighted by Crippen LogP contribution is 2.34. The maximum atomic E-state index is 12.2. The number of nitrogens with one attached hydrogen (secondary N) is 1. The Morgan fingerprint density at radius 2 is 1.97 bits per heavy atom. The summed E-state index contributed by atoms with van der Waals surface area (Å²) in [4.78, 5) is 7.85. The summed E-state index contributed by atoms with van der Waals surface area (Å²) in [5.41, 5.74) is 3.48. The third kappa shape index (κ3) is 5.09. The van der Waals surface area contributed by atoms with Crippen molar-refractivity contribution in [3.63, 3.8) is 0 Å². The van der Waals surface area contributed by atoms with E-state index in [1.165, 1.54) is 16.0 Å². The van der Waals surface area contributed by atoms with E-state index >= 15 is 0 Å². The SMILES string of the molecule is CCS(=O)(=O)N1CCC(Nc2cc(-c3csc(CN(C)C)c3)cc3ccncc23)CC1. The van der Waals surface area contributed by atoms with Crippen LogP contribution in [0.25, 0.3) is 21.9 Å². The number of hydrogen-bond acceptors (Lipinski definition) is 6. The predicted molar refractivity (Wildman–Crippen MR) is 130 cm³/mol. The second-order valence-corrected chi connectivity index (χ2v) is 11.6. The topological polar surface area (TPSA) is 65.5 Å². The van der Waals surface area contributed by atoms with Crippen molar-refractivity contribution < 1.29 is 8.42 Å². The van der Waals surface area contributed by atoms with Gasteiger partial charge in [-0.2, -0.15) is 0 Å². The molecule has 1 aliphatic rings. The molecule has 0 amide bonds. The second kappa shape index (κ2) is 9.24. The molecule has 0 unspecified atom stereocenters. The average Bonchev–Trinajstić information content (AvgIpc) is 3.22. The quantitative estimate of drug-likeness (QED) is 0.573. The maximum absolute atomic E-state index is 12.2. The molecule has 1 aromatic carbocycles. The first-order valence-corrected chi connectivity index (χ1v) is 13.2. The van der Waals surface area contributed by atoms with Gasteiger partial charge in [0.1, 0.15) is 0 Å². The summed E-state index contributed by atoms with van der Waals surface area (Å²) in [6.45, 7) is 3.79. The first-order valence-electron chi connectivity index (χ1n) is 10.7. The van der Waals surface area contributed by atoms with E-state index in [4.69, 9.17) is 0 Å². The van der Waals surface area contributed by atoms with Crippen LogP contribution in [0, 0.1) is 0 Å². The number of hydrogen-bond donors (Lipinski definition) is 1. The molecule has 0 spiro atoms. The lowest BCUT2D eigenvalue weighted by molar-refractivity contribution is 0.330. The van der Waals surface area contributed by atoms with Crippen molar-refractivity contribution in [1.82, 2.24) is 14.2 Å². The number of aromatic nitrogens is 1. The van der Waals surface area contributed by atoms with Gasteiger partial charge in [0.15, 0.2) is 0 Å². The molecule has 0 bridgehead atoms. The average molecular weight is 459 g/mol. The van der Waals surface area contributed by atoms with Crippen LogP contribution in [-0.4, -0.2) is 61.6 Å². The monoisotopic (exact) mass is 458 g/mol. The number of rotatable bonds is 7. The van der Waals surface area contributed by atoms with Crippen LogP contribution >= 0.6 is 11.3 Å². The molecule has 0 radical (unpaired) electrons. The number of anilines is 1. The Balaban J connectivity index is 1.58. The van der Waals surface area contributed by atoms with Gasteiger partial charge in [0.25, 0.3) is 0 Å². The Bertz CT molecular complexity index is 1150. The Kier molecular flexibility index (Phi) is 6.62. The smallest absolute Gasteiger partial charge is 0.213 e. The number of sulfonamides is 1. The number of benzene rings is 1. The lowest BCUT2D eigenvalue weighted by Gasteiger charge is -2.32. The number of thiophene rings is 1. The van der Waals surface area contributed by atoms with Crippen LogP contribution in [-0.2, 0) is 16.6 Å². The lowest BCUT2D eigenvalue weighted by atomic mass is 10.0. The van der Waals surface area contributed by atoms with Crippen LogP contribution in [0.3, 0.4) is 0 Å². The van der Waals surface area contributed by atoms with E-state index in [1.54, 1.807) is 22.6 Å². The fourth-order valence-electron chi connectivity index (χ4n) is 4.09. The van der Waals surface area contributed by atoms with Gasteiger partial charge in [-0.05, 0) is 80.0 Å². The molecule has 1 N–H and O–H groups in total. The van der Waals surface area contributed by atoms with Crippen molar-refractivity contribution in [2.24, 2.45) is 0 Å². The van der Waals surface area contributed by atoms with Gasteiger partial charge in [-0.1, -0.05) is 0 Å². The van der Waals surface area contributed by atoms with E-state index in [1.807, 2.05) is 18.5 Å². The molecular formula is C23H30N4O2S2. The number of pyridine rings is 1. The highest BCUT2D eigenvalue weighted by Gasteiger charge is 2.27. The fraction of sp³-hybridized carbons (Fsp3) is 0.435. The summed E-state index contributed by atoms with van der Waals surface area (Å²) >= 11 is 1.79. The molecule has 1 saturated heterocycles. The number of fused-ring (bicyclic) bond motifs is 1. The molecule has 3 heterocycles. The van der Waals surface area contributed by atoms with Crippen LogP contribution in [0.15, 0.2) is 42.0 Å². The van der Waals surface area contributed by atoms with E-state index in [9.17, 15) is 8.42 Å². The highest BCUT2D eigenvalue weighted by atomic mass is 32.2. The summed E-state index contributed by atoms with van der Waals surface area (Å²) in [5.74, 6) is 0.167. The Labute approximate surface area is 189 Å². The van der Waals surface area contributed by atoms with Crippen LogP contribution in [0.2, 0.25) is 0 Å². The van der Waals surface area contributed by atoms with Gasteiger partial charge < -0.3 is 10.2 Å². The summed E-state index contributed by atoms with van der Waals surface area (Å²) in [6, 6.07) is 8.99. The van der Waals surface area contributed by atoms with E-state index in [0.29, 0.717) is 13.1 Å². The Morgan fingerprint density at radius 1 is 1.19 bits per heavy atom. The largest absolute Gasteiger partial charge is 0.382 e. The maximum Gasteiger partial charge on any atom is 0.213 e. The van der Waals surface area contributed by atoms with E-state index in [0.717, 1.165) is 35.8 Å². The van der Waals surface area contributed by atoms with Gasteiger partial charge in [0.05, 0.1) is 5.75 Å². The summed E-state index contributed by atoms with van der Waals surface area (Å²) in [5, 5.41) is 8.17. The van der Waals surface area contributed by atoms with Crippen molar-refractivity contribution in [2.45, 2.75) is 32.4 Å². The van der Waals surface area contributed by atoms with Gasteiger partial charge >= 0.3 is 0 Å². The van der Waals surface area contributed by atoms with Crippen molar-refractivity contribution in [2.75, 3.05) is 38.3 Å². The van der Waals surface area contributed by atoms with Crippen molar-refractivity contribution in [3.05, 3.63) is 46.9 Å². The van der Waals surface area contributed by atoms with Crippen LogP contribution < -0.4 is 5.32 Å². The first kappa shape index (κ1) is 22.2. The van der Waals surface area contributed by atoms with Crippen molar-refractivity contribution >= 4 is 37.8 Å². The van der Waals surface area contributed by atoms with Gasteiger partial charge in [-0.25, -0.2) is 12.7 Å². The standard InChI is InChI=1S/C23H30N4O2S2/c1-4-31(28,29)27-9-6-20(7-10-27)25-23-13-18(11-17-5-8-24-14-22(17)23)19-12-21(30-16-19)15-26(2)3/h5,8,11-14,16,20,25H,4,6-7,9-10,15H2,1-3H3. The van der Waals surface area contributed by atoms with E-state index in [2.05, 4.69) is 52.9 Å². The van der Waals surface area contributed by atoms with Crippen LogP contribution in [0.4, 0.5) is 5.69 Å². The van der Waals surface area contributed by atoms with Gasteiger partial charge in [-0.15, -0.1) is 11.3 Å². The predicted octanol–water partition coefficient (Wildman–Crippen LogP) is 4.25. The van der Waals surface area contributed by atoms with Gasteiger partial charge in [0, 0.05) is 54.0 Å². The molecule has 8 heteroatoms. The first-order chi connectivity index (χ1) is 14.9. The third-order valence-corrected chi connectivity index (χ3v) is 8.59. The summed E-state index contributed by atoms with van der Waals surface area (Å²) in [6.07, 6.45) is 5.34. The minimum atomic E-state index is -3.11. The lowest BCUT2D eigenvalue weighted by Crippen LogP contribution is -2.42. The summed E-state index contributed by atoms with van der Waals surface area (Å²) < 4.78 is 25.9. The molecule has 3 aromatic rings. The molecular weight excluding hydrogens is 428 g/mol. The second-order valence-electron chi connectivity index (χ2n) is 8.38. The number of nitrogens with zero attached hydrogens (tertiary/aromatic N) is 3. The zero-order chi connectivity index (χ0) is 22.0. The van der Waals surface area contributed by atoms with Gasteiger partial charge in [0.2, 0.25) is 10.0 Å². The molecule has 1 fully saturated rings. The molecule has 0 atom stereocenters. The van der Waals surface area contributed by atoms with E-state index < -0.39 is 10.0 Å². The third-order valence-electron chi connectivity index (χ3n) is 5.79. The molecule has 0 aliphatic carbocycles. The molecule has 6 nitrogen and oxygen atoms in total. The molecule has 1 aliphatic heterocycles. The van der Waals surface area contributed by atoms with Crippen molar-refractivity contribution in [1.29, 1.82) is 0 Å². The fourth-order valence-corrected chi connectivity index (χ4v) is 6.23. The van der Waals surface area contributed by atoms with Gasteiger partial charge in [-0.3, -0.25) is 4.98 Å². The van der Waals surface area contributed by atoms with E-state index in [-0.39, 0.29) is 11.8 Å². The molecule has 2 aromatic heterocycles. The zero-order valence-electron chi connectivity index (χ0n) is 18.3. The van der Waals surface area contributed by atoms with Crippen LogP contribution in [0.1, 0.15) is 24.6 Å². The molecule has 4 rings (SSSR count). The Hall–Kier alpha value is -2.00. The normalized spacial score (nSPS) is 16.3.